The molecule has 0 bridgehead atoms. The molecule has 1 aromatic rings. The Morgan fingerprint density at radius 3 is 2.68 bits per heavy atom. The first kappa shape index (κ1) is 22.2. The molecule has 1 aliphatic heterocycles. The summed E-state index contributed by atoms with van der Waals surface area (Å²) in [6, 6.07) is 6.99. The second-order valence-corrected chi connectivity index (χ2v) is 8.03. The van der Waals surface area contributed by atoms with Crippen LogP contribution in [0.3, 0.4) is 0 Å². The van der Waals surface area contributed by atoms with Gasteiger partial charge in [-0.15, -0.1) is 24.0 Å². The lowest BCUT2D eigenvalue weighted by Crippen LogP contribution is -2.35. The van der Waals surface area contributed by atoms with Crippen molar-refractivity contribution in [3.05, 3.63) is 29.8 Å². The Balaban J connectivity index is 0.00000312. The summed E-state index contributed by atoms with van der Waals surface area (Å²) in [7, 11) is -3.40. The van der Waals surface area contributed by atoms with E-state index in [4.69, 9.17) is 5.73 Å². The number of hydrogen-bond acceptors (Lipinski definition) is 3. The number of nitrogens with one attached hydrogen (secondary N) is 1. The fraction of sp³-hybridized carbons (Fsp3) is 0.588. The fourth-order valence-corrected chi connectivity index (χ4v) is 4.27. The van der Waals surface area contributed by atoms with E-state index in [0.29, 0.717) is 30.5 Å². The Morgan fingerprint density at radius 1 is 1.28 bits per heavy atom. The first-order valence-electron chi connectivity index (χ1n) is 8.67. The number of unbranched alkanes of at least 4 members (excludes halogenated alkanes) is 1. The molecule has 1 aliphatic rings. The third kappa shape index (κ3) is 6.74. The van der Waals surface area contributed by atoms with Gasteiger partial charge in [-0.25, -0.2) is 13.4 Å². The van der Waals surface area contributed by atoms with Crippen LogP contribution < -0.4 is 11.1 Å². The highest BCUT2D eigenvalue weighted by molar-refractivity contribution is 14.0. The first-order chi connectivity index (χ1) is 11.5. The molecule has 1 saturated heterocycles. The SMILES string of the molecule is CCCCNC(N)=NCc1cccc(S(=O)(=O)N2CCCCC2)c1.I. The topological polar surface area (TPSA) is 87.8 Å². The highest BCUT2D eigenvalue weighted by Gasteiger charge is 2.25. The van der Waals surface area contributed by atoms with Gasteiger partial charge in [0.25, 0.3) is 0 Å². The second-order valence-electron chi connectivity index (χ2n) is 6.09. The monoisotopic (exact) mass is 480 g/mol. The van der Waals surface area contributed by atoms with Crippen LogP contribution in [0.5, 0.6) is 0 Å². The quantitative estimate of drug-likeness (QED) is 0.272. The maximum absolute atomic E-state index is 12.7. The number of halogens is 1. The normalized spacial score (nSPS) is 16.3. The minimum Gasteiger partial charge on any atom is -0.370 e. The zero-order valence-electron chi connectivity index (χ0n) is 14.8. The molecule has 25 heavy (non-hydrogen) atoms. The van der Waals surface area contributed by atoms with Gasteiger partial charge in [0.1, 0.15) is 0 Å². The molecule has 1 fully saturated rings. The molecule has 6 nitrogen and oxygen atoms in total. The van der Waals surface area contributed by atoms with Gasteiger partial charge in [-0.1, -0.05) is 31.9 Å². The van der Waals surface area contributed by atoms with Crippen LogP contribution in [0.25, 0.3) is 0 Å². The van der Waals surface area contributed by atoms with Gasteiger partial charge in [0.2, 0.25) is 10.0 Å². The van der Waals surface area contributed by atoms with E-state index in [0.717, 1.165) is 44.2 Å². The summed E-state index contributed by atoms with van der Waals surface area (Å²) in [4.78, 5) is 4.62. The number of nitrogens with zero attached hydrogens (tertiary/aromatic N) is 2. The number of hydrogen-bond donors (Lipinski definition) is 2. The lowest BCUT2D eigenvalue weighted by atomic mass is 10.2. The lowest BCUT2D eigenvalue weighted by molar-refractivity contribution is 0.346. The van der Waals surface area contributed by atoms with Crippen LogP contribution >= 0.6 is 24.0 Å². The minimum absolute atomic E-state index is 0. The lowest BCUT2D eigenvalue weighted by Gasteiger charge is -2.26. The van der Waals surface area contributed by atoms with Crippen molar-refractivity contribution in [3.8, 4) is 0 Å². The second kappa shape index (κ2) is 11.0. The molecular formula is C17H29IN4O2S. The molecular weight excluding hydrogens is 451 g/mol. The van der Waals surface area contributed by atoms with Gasteiger partial charge in [0.15, 0.2) is 5.96 Å². The number of aliphatic imine (C=N–C) groups is 1. The van der Waals surface area contributed by atoms with Crippen molar-refractivity contribution < 1.29 is 8.42 Å². The summed E-state index contributed by atoms with van der Waals surface area (Å²) in [6.45, 7) is 4.50. The number of piperidine rings is 1. The molecule has 1 heterocycles. The Hall–Kier alpha value is -0.870. The molecule has 2 rings (SSSR count). The molecule has 8 heteroatoms. The Kier molecular flexibility index (Phi) is 9.73. The Bertz CT molecular complexity index is 658. The van der Waals surface area contributed by atoms with Gasteiger partial charge in [-0.3, -0.25) is 0 Å². The van der Waals surface area contributed by atoms with Crippen LogP contribution in [0.15, 0.2) is 34.2 Å². The van der Waals surface area contributed by atoms with Crippen LogP contribution in [-0.2, 0) is 16.6 Å². The summed E-state index contributed by atoms with van der Waals surface area (Å²) < 4.78 is 27.0. The number of guanidine groups is 1. The van der Waals surface area contributed by atoms with E-state index < -0.39 is 10.0 Å². The van der Waals surface area contributed by atoms with Crippen molar-refractivity contribution in [2.45, 2.75) is 50.5 Å². The van der Waals surface area contributed by atoms with Crippen LogP contribution in [0.2, 0.25) is 0 Å². The molecule has 0 spiro atoms. The number of rotatable bonds is 7. The van der Waals surface area contributed by atoms with Crippen molar-refractivity contribution >= 4 is 40.0 Å². The molecule has 0 aliphatic carbocycles. The molecule has 0 unspecified atom stereocenters. The van der Waals surface area contributed by atoms with Crippen LogP contribution in [0.4, 0.5) is 0 Å². The summed E-state index contributed by atoms with van der Waals surface area (Å²) in [5.41, 5.74) is 6.66. The fourth-order valence-electron chi connectivity index (χ4n) is 2.68. The molecule has 1 aromatic carbocycles. The summed E-state index contributed by atoms with van der Waals surface area (Å²) >= 11 is 0. The third-order valence-corrected chi connectivity index (χ3v) is 6.01. The van der Waals surface area contributed by atoms with E-state index in [2.05, 4.69) is 17.2 Å². The predicted octanol–water partition coefficient (Wildman–Crippen LogP) is 2.68. The van der Waals surface area contributed by atoms with E-state index in [1.165, 1.54) is 0 Å². The third-order valence-electron chi connectivity index (χ3n) is 4.12. The zero-order chi connectivity index (χ0) is 17.4. The van der Waals surface area contributed by atoms with Gasteiger partial charge in [-0.05, 0) is 37.0 Å². The van der Waals surface area contributed by atoms with Gasteiger partial charge in [0.05, 0.1) is 11.4 Å². The van der Waals surface area contributed by atoms with E-state index in [-0.39, 0.29) is 24.0 Å². The van der Waals surface area contributed by atoms with E-state index >= 15 is 0 Å². The van der Waals surface area contributed by atoms with E-state index in [1.807, 2.05) is 6.07 Å². The smallest absolute Gasteiger partial charge is 0.243 e. The summed E-state index contributed by atoms with van der Waals surface area (Å²) in [6.07, 6.45) is 5.11. The van der Waals surface area contributed by atoms with Gasteiger partial charge >= 0.3 is 0 Å². The van der Waals surface area contributed by atoms with E-state index in [1.54, 1.807) is 22.5 Å². The minimum atomic E-state index is -3.40. The van der Waals surface area contributed by atoms with Crippen molar-refractivity contribution in [1.29, 1.82) is 0 Å². The Labute approximate surface area is 168 Å². The van der Waals surface area contributed by atoms with Crippen LogP contribution in [0, 0.1) is 0 Å². The maximum atomic E-state index is 12.7. The van der Waals surface area contributed by atoms with Crippen molar-refractivity contribution in [3.63, 3.8) is 0 Å². The van der Waals surface area contributed by atoms with Gasteiger partial charge in [0, 0.05) is 19.6 Å². The summed E-state index contributed by atoms with van der Waals surface area (Å²) in [5, 5.41) is 3.05. The van der Waals surface area contributed by atoms with Gasteiger partial charge < -0.3 is 11.1 Å². The Morgan fingerprint density at radius 2 is 2.00 bits per heavy atom. The number of nitrogens with two attached hydrogens (primary N) is 1. The number of sulfonamides is 1. The summed E-state index contributed by atoms with van der Waals surface area (Å²) in [5.74, 6) is 0.396. The molecule has 0 radical (unpaired) electrons. The first-order valence-corrected chi connectivity index (χ1v) is 10.1. The highest BCUT2D eigenvalue weighted by atomic mass is 127. The molecule has 0 saturated carbocycles. The van der Waals surface area contributed by atoms with Crippen molar-refractivity contribution in [1.82, 2.24) is 9.62 Å². The van der Waals surface area contributed by atoms with Crippen LogP contribution in [0.1, 0.15) is 44.6 Å². The largest absolute Gasteiger partial charge is 0.370 e. The van der Waals surface area contributed by atoms with Crippen molar-refractivity contribution in [2.24, 2.45) is 10.7 Å². The predicted molar refractivity (Wildman–Crippen MR) is 113 cm³/mol. The van der Waals surface area contributed by atoms with Crippen LogP contribution in [-0.4, -0.2) is 38.3 Å². The highest BCUT2D eigenvalue weighted by Crippen LogP contribution is 2.21. The average Bonchev–Trinajstić information content (AvgIpc) is 2.61. The zero-order valence-corrected chi connectivity index (χ0v) is 17.9. The molecule has 142 valence electrons. The molecule has 3 N–H and O–H groups in total. The van der Waals surface area contributed by atoms with Gasteiger partial charge in [-0.2, -0.15) is 4.31 Å². The van der Waals surface area contributed by atoms with Crippen molar-refractivity contribution in [2.75, 3.05) is 19.6 Å². The average molecular weight is 480 g/mol. The standard InChI is InChI=1S/C17H28N4O2S.HI/c1-2-3-10-19-17(18)20-14-15-8-7-9-16(13-15)24(22,23)21-11-5-4-6-12-21;/h7-9,13H,2-6,10-12,14H2,1H3,(H3,18,19,20);1H. The molecule has 0 aromatic heterocycles. The van der Waals surface area contributed by atoms with E-state index in [9.17, 15) is 8.42 Å². The molecule has 0 amide bonds. The maximum Gasteiger partial charge on any atom is 0.243 e. The number of benzene rings is 1. The molecule has 0 atom stereocenters.